The maximum absolute atomic E-state index is 12.6. The zero-order valence-electron chi connectivity index (χ0n) is 11.6. The van der Waals surface area contributed by atoms with Crippen LogP contribution in [-0.2, 0) is 10.0 Å². The van der Waals surface area contributed by atoms with Crippen molar-refractivity contribution in [3.63, 3.8) is 0 Å². The van der Waals surface area contributed by atoms with E-state index in [4.69, 9.17) is 11.6 Å². The minimum absolute atomic E-state index is 0.103. The molecule has 1 heterocycles. The Hall–Kier alpha value is -0.580. The van der Waals surface area contributed by atoms with Crippen LogP contribution >= 0.6 is 11.6 Å². The van der Waals surface area contributed by atoms with Crippen LogP contribution in [0.1, 0.15) is 24.5 Å². The standard InChI is InChI=1S/C14H20ClNO2S/c1-10-4-5-14(12(3)8-10)19(17,18)16-7-6-11(2)13(15)9-16/h4-5,8,11,13H,6-7,9H2,1-3H3. The van der Waals surface area contributed by atoms with Crippen molar-refractivity contribution in [3.8, 4) is 0 Å². The number of nitrogens with zero attached hydrogens (tertiary/aromatic N) is 1. The molecular formula is C14H20ClNO2S. The van der Waals surface area contributed by atoms with E-state index in [0.29, 0.717) is 23.9 Å². The van der Waals surface area contributed by atoms with E-state index < -0.39 is 10.0 Å². The summed E-state index contributed by atoms with van der Waals surface area (Å²) >= 11 is 6.21. The first kappa shape index (κ1) is 14.8. The average Bonchev–Trinajstić information content (AvgIpc) is 2.32. The second-order valence-electron chi connectivity index (χ2n) is 5.41. The summed E-state index contributed by atoms with van der Waals surface area (Å²) in [6, 6.07) is 5.43. The highest BCUT2D eigenvalue weighted by Crippen LogP contribution is 2.28. The zero-order valence-corrected chi connectivity index (χ0v) is 13.1. The van der Waals surface area contributed by atoms with Crippen LogP contribution in [-0.4, -0.2) is 31.2 Å². The number of sulfonamides is 1. The van der Waals surface area contributed by atoms with Gasteiger partial charge in [-0.2, -0.15) is 4.31 Å². The van der Waals surface area contributed by atoms with Gasteiger partial charge in [0.15, 0.2) is 0 Å². The van der Waals surface area contributed by atoms with Gasteiger partial charge in [-0.05, 0) is 37.8 Å². The number of rotatable bonds is 2. The summed E-state index contributed by atoms with van der Waals surface area (Å²) in [5.74, 6) is 0.368. The molecule has 2 atom stereocenters. The van der Waals surface area contributed by atoms with Crippen LogP contribution in [0.5, 0.6) is 0 Å². The lowest BCUT2D eigenvalue weighted by atomic mass is 10.0. The molecule has 0 saturated carbocycles. The Morgan fingerprint density at radius 2 is 2.00 bits per heavy atom. The van der Waals surface area contributed by atoms with Gasteiger partial charge in [0.25, 0.3) is 0 Å². The van der Waals surface area contributed by atoms with Crippen molar-refractivity contribution in [1.29, 1.82) is 0 Å². The highest BCUT2D eigenvalue weighted by molar-refractivity contribution is 7.89. The molecule has 1 aliphatic heterocycles. The van der Waals surface area contributed by atoms with Gasteiger partial charge in [0, 0.05) is 18.5 Å². The van der Waals surface area contributed by atoms with Crippen molar-refractivity contribution >= 4 is 21.6 Å². The molecule has 5 heteroatoms. The molecule has 2 rings (SSSR count). The van der Waals surface area contributed by atoms with Crippen molar-refractivity contribution < 1.29 is 8.42 Å². The first-order valence-electron chi connectivity index (χ1n) is 6.54. The Bertz CT molecular complexity index is 571. The van der Waals surface area contributed by atoms with Crippen molar-refractivity contribution in [3.05, 3.63) is 29.3 Å². The molecule has 1 fully saturated rings. The zero-order chi connectivity index (χ0) is 14.2. The molecule has 0 radical (unpaired) electrons. The molecule has 2 unspecified atom stereocenters. The second kappa shape index (κ2) is 5.43. The minimum atomic E-state index is -3.42. The predicted molar refractivity (Wildman–Crippen MR) is 78.1 cm³/mol. The molecule has 0 N–H and O–H groups in total. The van der Waals surface area contributed by atoms with Crippen LogP contribution in [0.2, 0.25) is 0 Å². The predicted octanol–water partition coefficient (Wildman–Crippen LogP) is 2.94. The highest BCUT2D eigenvalue weighted by Gasteiger charge is 2.33. The minimum Gasteiger partial charge on any atom is -0.207 e. The van der Waals surface area contributed by atoms with Gasteiger partial charge in [-0.1, -0.05) is 24.6 Å². The van der Waals surface area contributed by atoms with E-state index in [-0.39, 0.29) is 5.38 Å². The van der Waals surface area contributed by atoms with E-state index in [2.05, 4.69) is 6.92 Å². The Labute approximate surface area is 120 Å². The third-order valence-electron chi connectivity index (χ3n) is 3.78. The molecule has 1 saturated heterocycles. The van der Waals surface area contributed by atoms with Crippen LogP contribution < -0.4 is 0 Å². The van der Waals surface area contributed by atoms with Gasteiger partial charge in [0.05, 0.1) is 4.90 Å². The van der Waals surface area contributed by atoms with E-state index in [1.54, 1.807) is 6.07 Å². The van der Waals surface area contributed by atoms with Crippen molar-refractivity contribution in [2.45, 2.75) is 37.5 Å². The number of piperidine rings is 1. The molecule has 1 aliphatic rings. The second-order valence-corrected chi connectivity index (χ2v) is 7.88. The molecule has 0 spiro atoms. The lowest BCUT2D eigenvalue weighted by Crippen LogP contribution is -2.43. The molecule has 0 bridgehead atoms. The summed E-state index contributed by atoms with van der Waals surface area (Å²) < 4.78 is 26.8. The Morgan fingerprint density at radius 1 is 1.32 bits per heavy atom. The molecule has 0 aromatic heterocycles. The van der Waals surface area contributed by atoms with E-state index in [9.17, 15) is 8.42 Å². The fraction of sp³-hybridized carbons (Fsp3) is 0.571. The number of aryl methyl sites for hydroxylation is 2. The molecule has 3 nitrogen and oxygen atoms in total. The number of hydrogen-bond donors (Lipinski definition) is 0. The van der Waals surface area contributed by atoms with Gasteiger partial charge in [0.2, 0.25) is 10.0 Å². The lowest BCUT2D eigenvalue weighted by Gasteiger charge is -2.33. The molecule has 19 heavy (non-hydrogen) atoms. The van der Waals surface area contributed by atoms with Crippen molar-refractivity contribution in [2.24, 2.45) is 5.92 Å². The topological polar surface area (TPSA) is 37.4 Å². The van der Waals surface area contributed by atoms with Crippen molar-refractivity contribution in [1.82, 2.24) is 4.31 Å². The third-order valence-corrected chi connectivity index (χ3v) is 6.37. The SMILES string of the molecule is Cc1ccc(S(=O)(=O)N2CCC(C)C(Cl)C2)c(C)c1. The summed E-state index contributed by atoms with van der Waals surface area (Å²) in [7, 11) is -3.42. The van der Waals surface area contributed by atoms with Crippen LogP contribution in [0.15, 0.2) is 23.1 Å². The van der Waals surface area contributed by atoms with E-state index in [0.717, 1.165) is 17.5 Å². The average molecular weight is 302 g/mol. The van der Waals surface area contributed by atoms with Gasteiger partial charge >= 0.3 is 0 Å². The molecule has 0 amide bonds. The van der Waals surface area contributed by atoms with E-state index >= 15 is 0 Å². The number of hydrogen-bond acceptors (Lipinski definition) is 2. The largest absolute Gasteiger partial charge is 0.243 e. The normalized spacial score (nSPS) is 25.5. The Morgan fingerprint density at radius 3 is 2.58 bits per heavy atom. The number of halogens is 1. The smallest absolute Gasteiger partial charge is 0.207 e. The Balaban J connectivity index is 2.32. The van der Waals surface area contributed by atoms with Gasteiger partial charge in [-0.25, -0.2) is 8.42 Å². The lowest BCUT2D eigenvalue weighted by molar-refractivity contribution is 0.293. The number of alkyl halides is 1. The van der Waals surface area contributed by atoms with Gasteiger partial charge < -0.3 is 0 Å². The van der Waals surface area contributed by atoms with E-state index in [1.807, 2.05) is 26.0 Å². The van der Waals surface area contributed by atoms with Crippen LogP contribution in [0, 0.1) is 19.8 Å². The number of benzene rings is 1. The maximum atomic E-state index is 12.6. The molecule has 1 aromatic rings. The summed E-state index contributed by atoms with van der Waals surface area (Å²) in [5, 5.41) is -0.103. The first-order valence-corrected chi connectivity index (χ1v) is 8.41. The molecular weight excluding hydrogens is 282 g/mol. The van der Waals surface area contributed by atoms with E-state index in [1.165, 1.54) is 4.31 Å². The Kier molecular flexibility index (Phi) is 4.23. The summed E-state index contributed by atoms with van der Waals surface area (Å²) in [4.78, 5) is 0.400. The van der Waals surface area contributed by atoms with Gasteiger partial charge in [-0.3, -0.25) is 0 Å². The first-order chi connectivity index (χ1) is 8.82. The van der Waals surface area contributed by atoms with Gasteiger partial charge in [0.1, 0.15) is 0 Å². The van der Waals surface area contributed by atoms with Gasteiger partial charge in [-0.15, -0.1) is 11.6 Å². The summed E-state index contributed by atoms with van der Waals surface area (Å²) in [6.45, 7) is 6.82. The van der Waals surface area contributed by atoms with Crippen LogP contribution in [0.3, 0.4) is 0 Å². The third kappa shape index (κ3) is 2.96. The quantitative estimate of drug-likeness (QED) is 0.788. The maximum Gasteiger partial charge on any atom is 0.243 e. The molecule has 106 valence electrons. The summed E-state index contributed by atoms with van der Waals surface area (Å²) in [5.41, 5.74) is 1.86. The molecule has 0 aliphatic carbocycles. The monoisotopic (exact) mass is 301 g/mol. The van der Waals surface area contributed by atoms with Crippen LogP contribution in [0.4, 0.5) is 0 Å². The van der Waals surface area contributed by atoms with Crippen LogP contribution in [0.25, 0.3) is 0 Å². The highest BCUT2D eigenvalue weighted by atomic mass is 35.5. The summed E-state index contributed by atoms with van der Waals surface area (Å²) in [6.07, 6.45) is 0.818. The van der Waals surface area contributed by atoms with Crippen molar-refractivity contribution in [2.75, 3.05) is 13.1 Å². The fourth-order valence-electron chi connectivity index (χ4n) is 2.44. The molecule has 1 aromatic carbocycles. The fourth-order valence-corrected chi connectivity index (χ4v) is 4.50.